The Morgan fingerprint density at radius 3 is 2.78 bits per heavy atom. The molecular formula is C14H19FN2O. The van der Waals surface area contributed by atoms with Gasteiger partial charge in [-0.25, -0.2) is 4.39 Å². The standard InChI is InChI=1S/C14H19FN2O/c1-10(14(18)16-12-7-8-12)17(2)9-11-5-3-4-6-13(11)15/h3-6,10,12H,7-9H2,1-2H3,(H,16,18)/t10-/m0/s1. The molecule has 0 spiro atoms. The van der Waals surface area contributed by atoms with Crippen LogP contribution in [-0.4, -0.2) is 29.9 Å². The normalized spacial score (nSPS) is 16.7. The minimum Gasteiger partial charge on any atom is -0.352 e. The summed E-state index contributed by atoms with van der Waals surface area (Å²) in [6, 6.07) is 6.78. The zero-order valence-electron chi connectivity index (χ0n) is 10.8. The van der Waals surface area contributed by atoms with Crippen molar-refractivity contribution < 1.29 is 9.18 Å². The summed E-state index contributed by atoms with van der Waals surface area (Å²) in [6.45, 7) is 2.28. The highest BCUT2D eigenvalue weighted by Gasteiger charge is 2.27. The minimum absolute atomic E-state index is 0.0244. The van der Waals surface area contributed by atoms with Crippen LogP contribution in [0.3, 0.4) is 0 Å². The zero-order valence-corrected chi connectivity index (χ0v) is 10.8. The van der Waals surface area contributed by atoms with Crippen LogP contribution in [0, 0.1) is 5.82 Å². The quantitative estimate of drug-likeness (QED) is 0.866. The Balaban J connectivity index is 1.92. The average molecular weight is 250 g/mol. The van der Waals surface area contributed by atoms with Crippen LogP contribution in [0.15, 0.2) is 24.3 Å². The van der Waals surface area contributed by atoms with E-state index in [1.165, 1.54) is 6.07 Å². The van der Waals surface area contributed by atoms with Gasteiger partial charge < -0.3 is 5.32 Å². The Hall–Kier alpha value is -1.42. The lowest BCUT2D eigenvalue weighted by Crippen LogP contribution is -2.43. The summed E-state index contributed by atoms with van der Waals surface area (Å²) in [6.07, 6.45) is 2.16. The molecule has 0 unspecified atom stereocenters. The van der Waals surface area contributed by atoms with E-state index in [4.69, 9.17) is 0 Å². The van der Waals surface area contributed by atoms with Gasteiger partial charge in [0, 0.05) is 18.2 Å². The number of carbonyl (C=O) groups is 1. The Labute approximate surface area is 107 Å². The van der Waals surface area contributed by atoms with E-state index in [0.29, 0.717) is 18.2 Å². The van der Waals surface area contributed by atoms with E-state index in [2.05, 4.69) is 5.32 Å². The maximum absolute atomic E-state index is 13.5. The van der Waals surface area contributed by atoms with Crippen molar-refractivity contribution in [2.45, 2.75) is 38.4 Å². The molecule has 0 aromatic heterocycles. The van der Waals surface area contributed by atoms with Crippen LogP contribution in [-0.2, 0) is 11.3 Å². The molecule has 1 aliphatic rings. The zero-order chi connectivity index (χ0) is 13.1. The fourth-order valence-electron chi connectivity index (χ4n) is 1.78. The molecule has 0 heterocycles. The number of hydrogen-bond acceptors (Lipinski definition) is 2. The highest BCUT2D eigenvalue weighted by Crippen LogP contribution is 2.19. The lowest BCUT2D eigenvalue weighted by Gasteiger charge is -2.24. The molecule has 0 aliphatic heterocycles. The van der Waals surface area contributed by atoms with Crippen LogP contribution >= 0.6 is 0 Å². The van der Waals surface area contributed by atoms with Gasteiger partial charge in [-0.05, 0) is 32.9 Å². The first-order valence-corrected chi connectivity index (χ1v) is 6.32. The molecule has 0 radical (unpaired) electrons. The Morgan fingerprint density at radius 2 is 2.17 bits per heavy atom. The van der Waals surface area contributed by atoms with Crippen molar-refractivity contribution in [3.05, 3.63) is 35.6 Å². The summed E-state index contributed by atoms with van der Waals surface area (Å²) in [4.78, 5) is 13.7. The number of likely N-dealkylation sites (N-methyl/N-ethyl adjacent to an activating group) is 1. The van der Waals surface area contributed by atoms with E-state index in [9.17, 15) is 9.18 Å². The van der Waals surface area contributed by atoms with Crippen molar-refractivity contribution in [1.82, 2.24) is 10.2 Å². The summed E-state index contributed by atoms with van der Waals surface area (Å²) in [5, 5.41) is 2.96. The van der Waals surface area contributed by atoms with E-state index in [1.807, 2.05) is 18.9 Å². The predicted molar refractivity (Wildman–Crippen MR) is 68.5 cm³/mol. The molecule has 1 aliphatic carbocycles. The minimum atomic E-state index is -0.245. The second-order valence-electron chi connectivity index (χ2n) is 4.97. The van der Waals surface area contributed by atoms with Gasteiger partial charge in [0.15, 0.2) is 0 Å². The SMILES string of the molecule is C[C@@H](C(=O)NC1CC1)N(C)Cc1ccccc1F. The maximum atomic E-state index is 13.5. The van der Waals surface area contributed by atoms with Gasteiger partial charge in [0.05, 0.1) is 6.04 Å². The first-order chi connectivity index (χ1) is 8.58. The number of nitrogens with one attached hydrogen (secondary N) is 1. The van der Waals surface area contributed by atoms with Gasteiger partial charge >= 0.3 is 0 Å². The first kappa shape index (κ1) is 13.0. The molecule has 1 aromatic carbocycles. The molecule has 1 amide bonds. The third-order valence-electron chi connectivity index (χ3n) is 3.34. The van der Waals surface area contributed by atoms with Gasteiger partial charge in [-0.2, -0.15) is 0 Å². The number of carbonyl (C=O) groups excluding carboxylic acids is 1. The highest BCUT2D eigenvalue weighted by atomic mass is 19.1. The highest BCUT2D eigenvalue weighted by molar-refractivity contribution is 5.81. The van der Waals surface area contributed by atoms with Crippen molar-refractivity contribution in [3.8, 4) is 0 Å². The van der Waals surface area contributed by atoms with Crippen molar-refractivity contribution in [1.29, 1.82) is 0 Å². The molecule has 0 saturated heterocycles. The number of halogens is 1. The lowest BCUT2D eigenvalue weighted by atomic mass is 10.1. The predicted octanol–water partition coefficient (Wildman–Crippen LogP) is 1.92. The molecule has 1 aromatic rings. The third-order valence-corrected chi connectivity index (χ3v) is 3.34. The largest absolute Gasteiger partial charge is 0.352 e. The molecule has 1 fully saturated rings. The van der Waals surface area contributed by atoms with Crippen LogP contribution in [0.4, 0.5) is 4.39 Å². The van der Waals surface area contributed by atoms with Gasteiger partial charge in [0.25, 0.3) is 0 Å². The number of rotatable bonds is 5. The number of benzene rings is 1. The average Bonchev–Trinajstić information content (AvgIpc) is 3.15. The van der Waals surface area contributed by atoms with Gasteiger partial charge in [-0.1, -0.05) is 18.2 Å². The number of amides is 1. The second-order valence-corrected chi connectivity index (χ2v) is 4.97. The van der Waals surface area contributed by atoms with Gasteiger partial charge in [0.2, 0.25) is 5.91 Å². The Bertz CT molecular complexity index is 432. The molecule has 0 bridgehead atoms. The Morgan fingerprint density at radius 1 is 1.50 bits per heavy atom. The molecule has 4 heteroatoms. The summed E-state index contributed by atoms with van der Waals surface area (Å²) in [5.41, 5.74) is 0.617. The molecule has 1 saturated carbocycles. The van der Waals surface area contributed by atoms with Crippen molar-refractivity contribution >= 4 is 5.91 Å². The Kier molecular flexibility index (Phi) is 3.97. The van der Waals surface area contributed by atoms with Gasteiger partial charge in [-0.15, -0.1) is 0 Å². The van der Waals surface area contributed by atoms with E-state index >= 15 is 0 Å². The van der Waals surface area contributed by atoms with Crippen molar-refractivity contribution in [2.24, 2.45) is 0 Å². The van der Waals surface area contributed by atoms with E-state index in [1.54, 1.807) is 18.2 Å². The topological polar surface area (TPSA) is 32.3 Å². The number of nitrogens with zero attached hydrogens (tertiary/aromatic N) is 1. The van der Waals surface area contributed by atoms with E-state index in [-0.39, 0.29) is 17.8 Å². The molecule has 1 atom stereocenters. The molecule has 1 N–H and O–H groups in total. The fraction of sp³-hybridized carbons (Fsp3) is 0.500. The molecule has 3 nitrogen and oxygen atoms in total. The summed E-state index contributed by atoms with van der Waals surface area (Å²) >= 11 is 0. The van der Waals surface area contributed by atoms with E-state index < -0.39 is 0 Å². The number of hydrogen-bond donors (Lipinski definition) is 1. The summed E-state index contributed by atoms with van der Waals surface area (Å²) in [7, 11) is 1.84. The van der Waals surface area contributed by atoms with Crippen LogP contribution in [0.25, 0.3) is 0 Å². The summed E-state index contributed by atoms with van der Waals surface area (Å²) in [5.74, 6) is -0.199. The molecule has 2 rings (SSSR count). The monoisotopic (exact) mass is 250 g/mol. The second kappa shape index (κ2) is 5.48. The van der Waals surface area contributed by atoms with E-state index in [0.717, 1.165) is 12.8 Å². The van der Waals surface area contributed by atoms with Crippen molar-refractivity contribution in [2.75, 3.05) is 7.05 Å². The van der Waals surface area contributed by atoms with Crippen LogP contribution < -0.4 is 5.32 Å². The summed E-state index contributed by atoms with van der Waals surface area (Å²) < 4.78 is 13.5. The lowest BCUT2D eigenvalue weighted by molar-refractivity contribution is -0.125. The maximum Gasteiger partial charge on any atom is 0.237 e. The van der Waals surface area contributed by atoms with Crippen molar-refractivity contribution in [3.63, 3.8) is 0 Å². The molecule has 18 heavy (non-hydrogen) atoms. The van der Waals surface area contributed by atoms with Gasteiger partial charge in [-0.3, -0.25) is 9.69 Å². The van der Waals surface area contributed by atoms with Crippen LogP contribution in [0.2, 0.25) is 0 Å². The van der Waals surface area contributed by atoms with Crippen LogP contribution in [0.1, 0.15) is 25.3 Å². The smallest absolute Gasteiger partial charge is 0.237 e. The first-order valence-electron chi connectivity index (χ1n) is 6.32. The van der Waals surface area contributed by atoms with Crippen LogP contribution in [0.5, 0.6) is 0 Å². The van der Waals surface area contributed by atoms with Gasteiger partial charge in [0.1, 0.15) is 5.82 Å². The fourth-order valence-corrected chi connectivity index (χ4v) is 1.78. The molecular weight excluding hydrogens is 231 g/mol. The molecule has 98 valence electrons. The third kappa shape index (κ3) is 3.29.